The number of nitro groups is 1. The van der Waals surface area contributed by atoms with E-state index in [1.165, 1.54) is 30.9 Å². The first kappa shape index (κ1) is 27.6. The highest BCUT2D eigenvalue weighted by Crippen LogP contribution is 2.36. The highest BCUT2D eigenvalue weighted by molar-refractivity contribution is 7.07. The predicted molar refractivity (Wildman–Crippen MR) is 151 cm³/mol. The van der Waals surface area contributed by atoms with Crippen LogP contribution in [0.5, 0.6) is 11.5 Å². The maximum absolute atomic E-state index is 13.9. The van der Waals surface area contributed by atoms with Crippen LogP contribution in [0.1, 0.15) is 31.2 Å². The van der Waals surface area contributed by atoms with E-state index in [-0.39, 0.29) is 29.2 Å². The Hall–Kier alpha value is -4.97. The number of ether oxygens (including phenoxy) is 3. The zero-order valence-electron chi connectivity index (χ0n) is 22.6. The Bertz CT molecular complexity index is 1880. The number of hydrogen-bond donors (Lipinski definition) is 0. The molecule has 0 bridgehead atoms. The maximum atomic E-state index is 13.9. The molecule has 11 nitrogen and oxygen atoms in total. The molecule has 0 unspecified atom stereocenters. The normalized spacial score (nSPS) is 14.8. The second-order valence-corrected chi connectivity index (χ2v) is 9.90. The molecule has 0 N–H and O–H groups in total. The Morgan fingerprint density at radius 2 is 1.90 bits per heavy atom. The number of rotatable bonds is 8. The van der Waals surface area contributed by atoms with Gasteiger partial charge in [0.05, 0.1) is 53.2 Å². The summed E-state index contributed by atoms with van der Waals surface area (Å²) in [6, 6.07) is 13.9. The van der Waals surface area contributed by atoms with Crippen LogP contribution in [0.15, 0.2) is 80.1 Å². The first-order valence-electron chi connectivity index (χ1n) is 12.5. The van der Waals surface area contributed by atoms with Crippen LogP contribution in [-0.4, -0.2) is 36.3 Å². The fourth-order valence-corrected chi connectivity index (χ4v) is 5.71. The minimum atomic E-state index is -0.819. The largest absolute Gasteiger partial charge is 0.496 e. The van der Waals surface area contributed by atoms with E-state index in [1.54, 1.807) is 56.3 Å². The first-order chi connectivity index (χ1) is 19.8. The Morgan fingerprint density at radius 3 is 2.61 bits per heavy atom. The lowest BCUT2D eigenvalue weighted by molar-refractivity contribution is -0.384. The van der Waals surface area contributed by atoms with Gasteiger partial charge in [-0.25, -0.2) is 9.79 Å². The van der Waals surface area contributed by atoms with Crippen molar-refractivity contribution in [3.8, 4) is 22.8 Å². The number of fused-ring (bicyclic) bond motifs is 1. The van der Waals surface area contributed by atoms with E-state index in [0.29, 0.717) is 43.4 Å². The van der Waals surface area contributed by atoms with Gasteiger partial charge in [-0.15, -0.1) is 0 Å². The van der Waals surface area contributed by atoms with Gasteiger partial charge in [-0.2, -0.15) is 0 Å². The third-order valence-electron chi connectivity index (χ3n) is 6.51. The summed E-state index contributed by atoms with van der Waals surface area (Å²) < 4.78 is 24.0. The van der Waals surface area contributed by atoms with Crippen molar-refractivity contribution in [2.24, 2.45) is 4.99 Å². The molecular weight excluding hydrogens is 550 g/mol. The van der Waals surface area contributed by atoms with Crippen molar-refractivity contribution in [1.82, 2.24) is 4.57 Å². The number of nitrogens with zero attached hydrogens (tertiary/aromatic N) is 3. The van der Waals surface area contributed by atoms with Crippen LogP contribution in [0.2, 0.25) is 0 Å². The second kappa shape index (κ2) is 11.3. The number of benzene rings is 2. The molecule has 0 fully saturated rings. The van der Waals surface area contributed by atoms with Gasteiger partial charge in [0.2, 0.25) is 0 Å². The topological polar surface area (TPSA) is 135 Å². The highest BCUT2D eigenvalue weighted by Gasteiger charge is 2.35. The molecule has 4 aromatic rings. The first-order valence-corrected chi connectivity index (χ1v) is 13.3. The number of thiazole rings is 1. The quantitative estimate of drug-likeness (QED) is 0.175. The van der Waals surface area contributed by atoms with Crippen molar-refractivity contribution < 1.29 is 28.3 Å². The summed E-state index contributed by atoms with van der Waals surface area (Å²) in [7, 11) is 2.94. The van der Waals surface area contributed by atoms with Crippen molar-refractivity contribution in [3.63, 3.8) is 0 Å². The average molecular weight is 576 g/mol. The van der Waals surface area contributed by atoms with Crippen LogP contribution in [0.25, 0.3) is 17.4 Å². The summed E-state index contributed by atoms with van der Waals surface area (Å²) >= 11 is 1.16. The van der Waals surface area contributed by atoms with Crippen LogP contribution in [0.3, 0.4) is 0 Å². The maximum Gasteiger partial charge on any atom is 0.338 e. The summed E-state index contributed by atoms with van der Waals surface area (Å²) in [6.07, 6.45) is 1.59. The van der Waals surface area contributed by atoms with E-state index in [4.69, 9.17) is 18.6 Å². The van der Waals surface area contributed by atoms with Crippen LogP contribution in [0.4, 0.5) is 5.69 Å². The van der Waals surface area contributed by atoms with Crippen LogP contribution in [-0.2, 0) is 9.53 Å². The average Bonchev–Trinajstić information content (AvgIpc) is 3.55. The molecule has 1 aliphatic heterocycles. The summed E-state index contributed by atoms with van der Waals surface area (Å²) in [5, 5.41) is 11.1. The van der Waals surface area contributed by atoms with Gasteiger partial charge < -0.3 is 18.6 Å². The molecule has 12 heteroatoms. The lowest BCUT2D eigenvalue weighted by Crippen LogP contribution is -2.40. The Kier molecular flexibility index (Phi) is 7.58. The van der Waals surface area contributed by atoms with Crippen molar-refractivity contribution in [3.05, 3.63) is 107 Å². The number of esters is 1. The van der Waals surface area contributed by atoms with Crippen molar-refractivity contribution >= 4 is 29.1 Å². The lowest BCUT2D eigenvalue weighted by Gasteiger charge is -2.25. The molecule has 0 saturated carbocycles. The molecule has 1 aliphatic rings. The van der Waals surface area contributed by atoms with Crippen LogP contribution >= 0.6 is 11.3 Å². The molecule has 0 amide bonds. The minimum Gasteiger partial charge on any atom is -0.496 e. The Labute approximate surface area is 237 Å². The number of allylic oxidation sites excluding steroid dienone is 1. The molecule has 2 aromatic carbocycles. The Balaban J connectivity index is 1.63. The smallest absolute Gasteiger partial charge is 0.338 e. The molecule has 0 aliphatic carbocycles. The van der Waals surface area contributed by atoms with Crippen LogP contribution < -0.4 is 24.4 Å². The van der Waals surface area contributed by atoms with E-state index in [9.17, 15) is 19.7 Å². The second-order valence-electron chi connectivity index (χ2n) is 8.89. The van der Waals surface area contributed by atoms with Gasteiger partial charge in [-0.05, 0) is 38.1 Å². The number of aromatic nitrogens is 1. The number of methoxy groups -OCH3 is 2. The summed E-state index contributed by atoms with van der Waals surface area (Å²) in [5.74, 6) is 1.00. The molecule has 0 saturated heterocycles. The zero-order valence-corrected chi connectivity index (χ0v) is 23.4. The summed E-state index contributed by atoms with van der Waals surface area (Å²) in [5.41, 5.74) is 1.35. The summed E-state index contributed by atoms with van der Waals surface area (Å²) in [6.45, 7) is 3.59. The number of para-hydroxylation sites is 1. The van der Waals surface area contributed by atoms with Crippen molar-refractivity contribution in [1.29, 1.82) is 0 Å². The molecule has 0 spiro atoms. The zero-order chi connectivity index (χ0) is 29.3. The SMILES string of the molecule is CCOC(=O)C1=C(C)N=c2s/c(=C/c3ccc(-c4ccc([N+](=O)[O-])cc4OC)o3)c(=O)n2[C@@H]1c1ccccc1OC. The predicted octanol–water partition coefficient (Wildman–Crippen LogP) is 3.98. The number of carbonyl (C=O) groups excluding carboxylic acids is 1. The fourth-order valence-electron chi connectivity index (χ4n) is 4.68. The molecule has 2 aromatic heterocycles. The van der Waals surface area contributed by atoms with Gasteiger partial charge in [0.1, 0.15) is 29.1 Å². The van der Waals surface area contributed by atoms with E-state index in [0.717, 1.165) is 11.3 Å². The molecule has 210 valence electrons. The van der Waals surface area contributed by atoms with Gasteiger partial charge in [0.25, 0.3) is 11.2 Å². The summed E-state index contributed by atoms with van der Waals surface area (Å²) in [4.78, 5) is 42.6. The van der Waals surface area contributed by atoms with Gasteiger partial charge in [0, 0.05) is 17.7 Å². The number of nitro benzene ring substituents is 1. The molecular formula is C29H25N3O8S. The monoisotopic (exact) mass is 575 g/mol. The van der Waals surface area contributed by atoms with E-state index in [1.807, 2.05) is 6.07 Å². The minimum absolute atomic E-state index is 0.111. The van der Waals surface area contributed by atoms with E-state index < -0.39 is 16.9 Å². The molecule has 41 heavy (non-hydrogen) atoms. The molecule has 3 heterocycles. The van der Waals surface area contributed by atoms with Gasteiger partial charge in [-0.3, -0.25) is 19.5 Å². The van der Waals surface area contributed by atoms with Crippen molar-refractivity contribution in [2.75, 3.05) is 20.8 Å². The van der Waals surface area contributed by atoms with Gasteiger partial charge in [0.15, 0.2) is 4.80 Å². The van der Waals surface area contributed by atoms with Gasteiger partial charge >= 0.3 is 5.97 Å². The van der Waals surface area contributed by atoms with E-state index >= 15 is 0 Å². The third kappa shape index (κ3) is 5.05. The fraction of sp³-hybridized carbons (Fsp3) is 0.207. The molecule has 1 atom stereocenters. The van der Waals surface area contributed by atoms with E-state index in [2.05, 4.69) is 4.99 Å². The van der Waals surface area contributed by atoms with Gasteiger partial charge in [-0.1, -0.05) is 29.5 Å². The van der Waals surface area contributed by atoms with Crippen LogP contribution in [0, 0.1) is 10.1 Å². The number of non-ortho nitro benzene ring substituents is 1. The molecule has 0 radical (unpaired) electrons. The Morgan fingerprint density at radius 1 is 1.15 bits per heavy atom. The van der Waals surface area contributed by atoms with Crippen molar-refractivity contribution in [2.45, 2.75) is 19.9 Å². The lowest BCUT2D eigenvalue weighted by atomic mass is 9.95. The number of furan rings is 1. The number of carbonyl (C=O) groups is 1. The third-order valence-corrected chi connectivity index (χ3v) is 7.50. The highest BCUT2D eigenvalue weighted by atomic mass is 32.1. The number of hydrogen-bond acceptors (Lipinski definition) is 10. The molecule has 5 rings (SSSR count). The standard InChI is InChI=1S/C29H25N3O8S/c1-5-39-28(34)25-16(2)30-29-31(26(25)20-8-6-7-9-21(20)37-3)27(33)24(41-29)15-18-11-13-22(40-18)19-12-10-17(32(35)36)14-23(19)38-4/h6-15,26H,5H2,1-4H3/b24-15+/t26-/m1/s1.